The highest BCUT2D eigenvalue weighted by Crippen LogP contribution is 2.17. The predicted molar refractivity (Wildman–Crippen MR) is 48.5 cm³/mol. The van der Waals surface area contributed by atoms with Crippen LogP contribution >= 0.6 is 0 Å². The van der Waals surface area contributed by atoms with Crippen LogP contribution in [0.2, 0.25) is 0 Å². The second kappa shape index (κ2) is 4.58. The maximum absolute atomic E-state index is 10.6. The zero-order valence-corrected chi connectivity index (χ0v) is 7.94. The Morgan fingerprint density at radius 3 is 2.46 bits per heavy atom. The molecular formula is C9H17NO3. The van der Waals surface area contributed by atoms with Gasteiger partial charge in [0.1, 0.15) is 0 Å². The van der Waals surface area contributed by atoms with Crippen molar-refractivity contribution in [2.75, 3.05) is 19.6 Å². The lowest BCUT2D eigenvalue weighted by Crippen LogP contribution is -2.39. The minimum Gasteiger partial charge on any atom is -0.481 e. The van der Waals surface area contributed by atoms with Crippen LogP contribution in [0.5, 0.6) is 0 Å². The molecule has 0 saturated carbocycles. The van der Waals surface area contributed by atoms with E-state index in [0.717, 1.165) is 13.1 Å². The largest absolute Gasteiger partial charge is 0.481 e. The fraction of sp³-hybridized carbons (Fsp3) is 0.889. The van der Waals surface area contributed by atoms with Gasteiger partial charge in [0, 0.05) is 6.54 Å². The van der Waals surface area contributed by atoms with Crippen molar-refractivity contribution in [2.45, 2.75) is 25.9 Å². The van der Waals surface area contributed by atoms with Crippen LogP contribution < -0.4 is 0 Å². The Morgan fingerprint density at radius 2 is 2.08 bits per heavy atom. The zero-order chi connectivity index (χ0) is 9.84. The summed E-state index contributed by atoms with van der Waals surface area (Å²) < 4.78 is 0. The van der Waals surface area contributed by atoms with Gasteiger partial charge in [-0.2, -0.15) is 0 Å². The summed E-state index contributed by atoms with van der Waals surface area (Å²) in [6.45, 7) is 4.00. The molecule has 0 aromatic rings. The van der Waals surface area contributed by atoms with Gasteiger partial charge in [0.25, 0.3) is 0 Å². The van der Waals surface area contributed by atoms with Crippen molar-refractivity contribution in [1.29, 1.82) is 0 Å². The van der Waals surface area contributed by atoms with Gasteiger partial charge >= 0.3 is 5.97 Å². The third kappa shape index (κ3) is 3.32. The van der Waals surface area contributed by atoms with Crippen molar-refractivity contribution in [1.82, 2.24) is 4.90 Å². The van der Waals surface area contributed by atoms with Crippen LogP contribution in [0.4, 0.5) is 0 Å². The van der Waals surface area contributed by atoms with Crippen LogP contribution in [0.3, 0.4) is 0 Å². The van der Waals surface area contributed by atoms with E-state index in [1.165, 1.54) is 0 Å². The van der Waals surface area contributed by atoms with Gasteiger partial charge in [-0.1, -0.05) is 0 Å². The van der Waals surface area contributed by atoms with Gasteiger partial charge in [-0.25, -0.2) is 0 Å². The molecule has 13 heavy (non-hydrogen) atoms. The number of likely N-dealkylation sites (tertiary alicyclic amines) is 1. The van der Waals surface area contributed by atoms with E-state index >= 15 is 0 Å². The molecule has 0 radical (unpaired) electrons. The molecule has 4 nitrogen and oxygen atoms in total. The topological polar surface area (TPSA) is 60.8 Å². The Bertz CT molecular complexity index is 174. The standard InChI is InChI=1S/C9H17NO3/c1-7(11)6-10-4-2-8(3-5-10)9(12)13/h7-8,11H,2-6H2,1H3,(H,12,13). The first kappa shape index (κ1) is 10.5. The number of nitrogens with zero attached hydrogens (tertiary/aromatic N) is 1. The van der Waals surface area contributed by atoms with E-state index in [0.29, 0.717) is 19.4 Å². The van der Waals surface area contributed by atoms with Gasteiger partial charge in [-0.3, -0.25) is 4.79 Å². The Kier molecular flexibility index (Phi) is 3.69. The molecule has 1 aliphatic heterocycles. The number of carbonyl (C=O) groups is 1. The van der Waals surface area contributed by atoms with Gasteiger partial charge in [0.05, 0.1) is 12.0 Å². The number of hydrogen-bond acceptors (Lipinski definition) is 3. The lowest BCUT2D eigenvalue weighted by molar-refractivity contribution is -0.143. The molecule has 2 N–H and O–H groups in total. The molecule has 1 atom stereocenters. The van der Waals surface area contributed by atoms with Gasteiger partial charge < -0.3 is 15.1 Å². The minimum absolute atomic E-state index is 0.176. The molecule has 76 valence electrons. The van der Waals surface area contributed by atoms with Gasteiger partial charge in [0.2, 0.25) is 0 Å². The average molecular weight is 187 g/mol. The summed E-state index contributed by atoms with van der Waals surface area (Å²) in [4.78, 5) is 12.7. The van der Waals surface area contributed by atoms with Crippen molar-refractivity contribution < 1.29 is 15.0 Å². The number of aliphatic hydroxyl groups is 1. The van der Waals surface area contributed by atoms with Crippen LogP contribution in [0, 0.1) is 5.92 Å². The highest BCUT2D eigenvalue weighted by molar-refractivity contribution is 5.70. The molecule has 0 amide bonds. The number of aliphatic carboxylic acids is 1. The Labute approximate surface area is 78.2 Å². The Balaban J connectivity index is 2.26. The third-order valence-electron chi connectivity index (χ3n) is 2.46. The summed E-state index contributed by atoms with van der Waals surface area (Å²) in [5.74, 6) is -0.859. The van der Waals surface area contributed by atoms with Crippen LogP contribution in [-0.4, -0.2) is 46.8 Å². The summed E-state index contributed by atoms with van der Waals surface area (Å²) >= 11 is 0. The van der Waals surface area contributed by atoms with E-state index in [1.54, 1.807) is 6.92 Å². The summed E-state index contributed by atoms with van der Waals surface area (Å²) in [5, 5.41) is 17.9. The molecule has 0 aromatic carbocycles. The summed E-state index contributed by atoms with van der Waals surface area (Å²) in [6.07, 6.45) is 1.10. The molecular weight excluding hydrogens is 170 g/mol. The smallest absolute Gasteiger partial charge is 0.306 e. The number of β-amino-alcohol motifs (C(OH)–C–C–N with tert-alkyl or cyclic N) is 1. The van der Waals surface area contributed by atoms with E-state index in [2.05, 4.69) is 4.90 Å². The van der Waals surface area contributed by atoms with Crippen molar-refractivity contribution >= 4 is 5.97 Å². The normalized spacial score (nSPS) is 22.9. The van der Waals surface area contributed by atoms with Gasteiger partial charge in [0.15, 0.2) is 0 Å². The number of piperidine rings is 1. The van der Waals surface area contributed by atoms with Crippen molar-refractivity contribution in [3.63, 3.8) is 0 Å². The summed E-state index contributed by atoms with van der Waals surface area (Å²) in [6, 6.07) is 0. The molecule has 0 aliphatic carbocycles. The van der Waals surface area contributed by atoms with Crippen LogP contribution in [0.15, 0.2) is 0 Å². The quantitative estimate of drug-likeness (QED) is 0.661. The first-order valence-corrected chi connectivity index (χ1v) is 4.73. The van der Waals surface area contributed by atoms with Crippen molar-refractivity contribution in [3.8, 4) is 0 Å². The lowest BCUT2D eigenvalue weighted by atomic mass is 9.97. The molecule has 0 spiro atoms. The molecule has 1 unspecified atom stereocenters. The Hall–Kier alpha value is -0.610. The molecule has 1 rings (SSSR count). The summed E-state index contributed by atoms with van der Waals surface area (Å²) in [7, 11) is 0. The van der Waals surface area contributed by atoms with Crippen molar-refractivity contribution in [2.24, 2.45) is 5.92 Å². The number of carboxylic acid groups (broad SMARTS) is 1. The first-order chi connectivity index (χ1) is 6.09. The van der Waals surface area contributed by atoms with E-state index in [1.807, 2.05) is 0 Å². The second-order valence-corrected chi connectivity index (χ2v) is 3.76. The van der Waals surface area contributed by atoms with Crippen LogP contribution in [-0.2, 0) is 4.79 Å². The number of aliphatic hydroxyl groups excluding tert-OH is 1. The molecule has 1 saturated heterocycles. The molecule has 1 fully saturated rings. The molecule has 1 aliphatic rings. The Morgan fingerprint density at radius 1 is 1.54 bits per heavy atom. The minimum atomic E-state index is -0.684. The number of carboxylic acids is 1. The highest BCUT2D eigenvalue weighted by atomic mass is 16.4. The third-order valence-corrected chi connectivity index (χ3v) is 2.46. The monoisotopic (exact) mass is 187 g/mol. The fourth-order valence-electron chi connectivity index (χ4n) is 1.74. The van der Waals surface area contributed by atoms with Crippen molar-refractivity contribution in [3.05, 3.63) is 0 Å². The molecule has 0 aromatic heterocycles. The molecule has 0 bridgehead atoms. The first-order valence-electron chi connectivity index (χ1n) is 4.73. The fourth-order valence-corrected chi connectivity index (χ4v) is 1.74. The average Bonchev–Trinajstić information content (AvgIpc) is 2.04. The maximum atomic E-state index is 10.6. The lowest BCUT2D eigenvalue weighted by Gasteiger charge is -2.30. The van der Waals surface area contributed by atoms with Crippen LogP contribution in [0.25, 0.3) is 0 Å². The SMILES string of the molecule is CC(O)CN1CCC(C(=O)O)CC1. The maximum Gasteiger partial charge on any atom is 0.306 e. The zero-order valence-electron chi connectivity index (χ0n) is 7.94. The van der Waals surface area contributed by atoms with Gasteiger partial charge in [-0.15, -0.1) is 0 Å². The van der Waals surface area contributed by atoms with E-state index in [-0.39, 0.29) is 12.0 Å². The summed E-state index contributed by atoms with van der Waals surface area (Å²) in [5.41, 5.74) is 0. The van der Waals surface area contributed by atoms with Crippen LogP contribution in [0.1, 0.15) is 19.8 Å². The van der Waals surface area contributed by atoms with Gasteiger partial charge in [-0.05, 0) is 32.9 Å². The molecule has 4 heteroatoms. The number of hydrogen-bond donors (Lipinski definition) is 2. The second-order valence-electron chi connectivity index (χ2n) is 3.76. The predicted octanol–water partition coefficient (Wildman–Crippen LogP) is 0.164. The highest BCUT2D eigenvalue weighted by Gasteiger charge is 2.24. The van der Waals surface area contributed by atoms with E-state index < -0.39 is 5.97 Å². The number of rotatable bonds is 3. The molecule has 1 heterocycles. The van der Waals surface area contributed by atoms with E-state index in [4.69, 9.17) is 10.2 Å². The van der Waals surface area contributed by atoms with E-state index in [9.17, 15) is 4.79 Å².